The van der Waals surface area contributed by atoms with Gasteiger partial charge in [0.2, 0.25) is 5.91 Å². The average molecular weight is 387 g/mol. The average Bonchev–Trinajstić information content (AvgIpc) is 2.76. The maximum absolute atomic E-state index is 12.9. The van der Waals surface area contributed by atoms with E-state index in [0.29, 0.717) is 18.5 Å². The molecule has 3 aromatic rings. The first-order valence-corrected chi connectivity index (χ1v) is 9.39. The molecule has 0 bridgehead atoms. The lowest BCUT2D eigenvalue weighted by Crippen LogP contribution is -2.49. The van der Waals surface area contributed by atoms with Gasteiger partial charge in [0, 0.05) is 18.5 Å². The first kappa shape index (κ1) is 18.7. The Morgan fingerprint density at radius 2 is 1.62 bits per heavy atom. The van der Waals surface area contributed by atoms with Gasteiger partial charge in [-0.15, -0.1) is 0 Å². The van der Waals surface area contributed by atoms with Crippen molar-refractivity contribution < 1.29 is 14.8 Å². The van der Waals surface area contributed by atoms with Gasteiger partial charge < -0.3 is 10.2 Å². The Morgan fingerprint density at radius 1 is 0.931 bits per heavy atom. The van der Waals surface area contributed by atoms with Crippen LogP contribution in [-0.4, -0.2) is 23.1 Å². The molecule has 29 heavy (non-hydrogen) atoms. The number of amides is 2. The highest BCUT2D eigenvalue weighted by Gasteiger charge is 2.32. The number of hydrogen-bond acceptors (Lipinski definition) is 4. The number of carbonyl (C=O) groups is 2. The Kier molecular flexibility index (Phi) is 5.27. The number of hydrogen-bond donors (Lipinski definition) is 3. The first-order valence-electron chi connectivity index (χ1n) is 9.39. The molecule has 1 aliphatic heterocycles. The maximum Gasteiger partial charge on any atom is 0.274 e. The van der Waals surface area contributed by atoms with Crippen molar-refractivity contribution in [2.75, 3.05) is 10.2 Å². The van der Waals surface area contributed by atoms with Crippen LogP contribution in [0.1, 0.15) is 21.5 Å². The van der Waals surface area contributed by atoms with Gasteiger partial charge in [0.25, 0.3) is 5.91 Å². The normalized spacial score (nSPS) is 15.4. The van der Waals surface area contributed by atoms with E-state index >= 15 is 0 Å². The number of benzene rings is 3. The van der Waals surface area contributed by atoms with Gasteiger partial charge in [-0.2, -0.15) is 0 Å². The van der Waals surface area contributed by atoms with E-state index in [9.17, 15) is 9.59 Å². The third kappa shape index (κ3) is 3.97. The minimum Gasteiger partial charge on any atom is -0.353 e. The van der Waals surface area contributed by atoms with Gasteiger partial charge in [0.15, 0.2) is 0 Å². The molecule has 146 valence electrons. The zero-order chi connectivity index (χ0) is 20.2. The smallest absolute Gasteiger partial charge is 0.274 e. The molecule has 0 saturated heterocycles. The maximum atomic E-state index is 12.9. The molecule has 3 aromatic carbocycles. The van der Waals surface area contributed by atoms with Gasteiger partial charge in [-0.3, -0.25) is 14.8 Å². The zero-order valence-electron chi connectivity index (χ0n) is 15.7. The van der Waals surface area contributed by atoms with Crippen molar-refractivity contribution in [3.8, 4) is 0 Å². The molecule has 4 rings (SSSR count). The summed E-state index contributed by atoms with van der Waals surface area (Å²) in [6, 6.07) is 24.3. The number of hydroxylamine groups is 1. The van der Waals surface area contributed by atoms with Crippen LogP contribution in [-0.2, 0) is 17.8 Å². The van der Waals surface area contributed by atoms with E-state index in [-0.39, 0.29) is 11.9 Å². The predicted molar refractivity (Wildman–Crippen MR) is 111 cm³/mol. The lowest BCUT2D eigenvalue weighted by molar-refractivity contribution is -0.117. The Labute approximate surface area is 168 Å². The molecule has 2 amide bonds. The SMILES string of the molecule is O=C(NO)c1ccc(CN2c3ccccc3NC(=O)C2Cc2ccccc2)cc1. The number of carbonyl (C=O) groups excluding carboxylic acids is 2. The van der Waals surface area contributed by atoms with Crippen molar-refractivity contribution in [2.45, 2.75) is 19.0 Å². The molecule has 0 fully saturated rings. The lowest BCUT2D eigenvalue weighted by Gasteiger charge is -2.38. The third-order valence-corrected chi connectivity index (χ3v) is 5.09. The molecule has 6 heteroatoms. The molecule has 0 saturated carbocycles. The van der Waals surface area contributed by atoms with E-state index in [4.69, 9.17) is 5.21 Å². The van der Waals surface area contributed by atoms with E-state index in [1.165, 1.54) is 0 Å². The third-order valence-electron chi connectivity index (χ3n) is 5.09. The van der Waals surface area contributed by atoms with Gasteiger partial charge in [0.1, 0.15) is 6.04 Å². The summed E-state index contributed by atoms with van der Waals surface area (Å²) in [5, 5.41) is 11.8. The van der Waals surface area contributed by atoms with Crippen LogP contribution < -0.4 is 15.7 Å². The molecule has 1 heterocycles. The summed E-state index contributed by atoms with van der Waals surface area (Å²) < 4.78 is 0. The monoisotopic (exact) mass is 387 g/mol. The quantitative estimate of drug-likeness (QED) is 0.463. The summed E-state index contributed by atoms with van der Waals surface area (Å²) in [6.07, 6.45) is 0.589. The molecule has 0 aliphatic carbocycles. The van der Waals surface area contributed by atoms with Crippen LogP contribution in [0, 0.1) is 0 Å². The molecule has 6 nitrogen and oxygen atoms in total. The van der Waals surface area contributed by atoms with Crippen molar-refractivity contribution in [3.63, 3.8) is 0 Å². The van der Waals surface area contributed by atoms with E-state index in [0.717, 1.165) is 22.5 Å². The summed E-state index contributed by atoms with van der Waals surface area (Å²) in [7, 11) is 0. The predicted octanol–water partition coefficient (Wildman–Crippen LogP) is 3.38. The van der Waals surface area contributed by atoms with Crippen molar-refractivity contribution in [1.82, 2.24) is 5.48 Å². The molecular weight excluding hydrogens is 366 g/mol. The lowest BCUT2D eigenvalue weighted by atomic mass is 9.99. The molecule has 1 atom stereocenters. The van der Waals surface area contributed by atoms with Crippen molar-refractivity contribution in [3.05, 3.63) is 95.6 Å². The van der Waals surface area contributed by atoms with E-state index in [1.807, 2.05) is 66.7 Å². The van der Waals surface area contributed by atoms with Gasteiger partial charge in [-0.25, -0.2) is 5.48 Å². The summed E-state index contributed by atoms with van der Waals surface area (Å²) in [5.41, 5.74) is 5.81. The van der Waals surface area contributed by atoms with Crippen LogP contribution in [0.25, 0.3) is 0 Å². The molecule has 0 aromatic heterocycles. The van der Waals surface area contributed by atoms with Crippen LogP contribution >= 0.6 is 0 Å². The Bertz CT molecular complexity index is 1020. The van der Waals surface area contributed by atoms with Crippen LogP contribution in [0.5, 0.6) is 0 Å². The topological polar surface area (TPSA) is 81.7 Å². The summed E-state index contributed by atoms with van der Waals surface area (Å²) in [5.74, 6) is -0.593. The summed E-state index contributed by atoms with van der Waals surface area (Å²) in [6.45, 7) is 0.517. The number of rotatable bonds is 5. The number of nitrogens with one attached hydrogen (secondary N) is 2. The summed E-state index contributed by atoms with van der Waals surface area (Å²) >= 11 is 0. The van der Waals surface area contributed by atoms with E-state index < -0.39 is 5.91 Å². The van der Waals surface area contributed by atoms with Crippen LogP contribution in [0.4, 0.5) is 11.4 Å². The van der Waals surface area contributed by atoms with Crippen LogP contribution in [0.2, 0.25) is 0 Å². The highest BCUT2D eigenvalue weighted by atomic mass is 16.5. The fourth-order valence-electron chi connectivity index (χ4n) is 3.61. The van der Waals surface area contributed by atoms with Gasteiger partial charge in [0.05, 0.1) is 11.4 Å². The van der Waals surface area contributed by atoms with Gasteiger partial charge in [-0.1, -0.05) is 54.6 Å². The highest BCUT2D eigenvalue weighted by Crippen LogP contribution is 2.34. The molecule has 3 N–H and O–H groups in total. The number of para-hydroxylation sites is 2. The first-order chi connectivity index (χ1) is 14.2. The minimum absolute atomic E-state index is 0.0381. The van der Waals surface area contributed by atoms with E-state index in [1.54, 1.807) is 17.6 Å². The van der Waals surface area contributed by atoms with E-state index in [2.05, 4.69) is 10.2 Å². The molecular formula is C23H21N3O3. The summed E-state index contributed by atoms with van der Waals surface area (Å²) in [4.78, 5) is 26.6. The van der Waals surface area contributed by atoms with Crippen LogP contribution in [0.15, 0.2) is 78.9 Å². The minimum atomic E-state index is -0.554. The second-order valence-corrected chi connectivity index (χ2v) is 6.98. The Hall–Kier alpha value is -3.64. The fraction of sp³-hybridized carbons (Fsp3) is 0.130. The number of fused-ring (bicyclic) bond motifs is 1. The fourth-order valence-corrected chi connectivity index (χ4v) is 3.61. The Morgan fingerprint density at radius 3 is 2.34 bits per heavy atom. The standard InChI is InChI=1S/C23H21N3O3/c27-22(25-29)18-12-10-17(11-13-18)15-26-20-9-5-4-8-19(20)24-23(28)21(26)14-16-6-2-1-3-7-16/h1-13,21,29H,14-15H2,(H,24,28)(H,25,27). The Balaban J connectivity index is 1.66. The molecule has 0 spiro atoms. The molecule has 1 unspecified atom stereocenters. The highest BCUT2D eigenvalue weighted by molar-refractivity contribution is 6.03. The van der Waals surface area contributed by atoms with Crippen molar-refractivity contribution in [1.29, 1.82) is 0 Å². The number of anilines is 2. The largest absolute Gasteiger partial charge is 0.353 e. The van der Waals surface area contributed by atoms with Gasteiger partial charge in [-0.05, 0) is 35.4 Å². The van der Waals surface area contributed by atoms with Gasteiger partial charge >= 0.3 is 0 Å². The van der Waals surface area contributed by atoms with Crippen LogP contribution in [0.3, 0.4) is 0 Å². The zero-order valence-corrected chi connectivity index (χ0v) is 15.7. The second kappa shape index (κ2) is 8.16. The molecule has 1 aliphatic rings. The van der Waals surface area contributed by atoms with Crippen molar-refractivity contribution >= 4 is 23.2 Å². The second-order valence-electron chi connectivity index (χ2n) is 6.98. The molecule has 0 radical (unpaired) electrons. The number of nitrogens with zero attached hydrogens (tertiary/aromatic N) is 1. The van der Waals surface area contributed by atoms with Crippen molar-refractivity contribution in [2.24, 2.45) is 0 Å².